The van der Waals surface area contributed by atoms with Crippen LogP contribution in [0.15, 0.2) is 24.3 Å². The molecular weight excluding hydrogens is 340 g/mol. The van der Waals surface area contributed by atoms with E-state index in [1.165, 1.54) is 16.7 Å². The highest BCUT2D eigenvalue weighted by molar-refractivity contribution is 5.87. The average molecular weight is 368 g/mol. The van der Waals surface area contributed by atoms with Gasteiger partial charge in [0, 0.05) is 26.8 Å². The third-order valence-corrected chi connectivity index (χ3v) is 4.99. The smallest absolute Gasteiger partial charge is 0.219 e. The quantitative estimate of drug-likeness (QED) is 0.635. The number of nitrogens with one attached hydrogen (secondary N) is 1. The van der Waals surface area contributed by atoms with Crippen LogP contribution in [0.4, 0.5) is 5.69 Å². The van der Waals surface area contributed by atoms with E-state index >= 15 is 0 Å². The van der Waals surface area contributed by atoms with Gasteiger partial charge in [-0.05, 0) is 43.9 Å². The van der Waals surface area contributed by atoms with Crippen LogP contribution in [0.5, 0.6) is 5.88 Å². The molecule has 2 aromatic heterocycles. The van der Waals surface area contributed by atoms with Crippen LogP contribution in [-0.2, 0) is 24.8 Å². The van der Waals surface area contributed by atoms with Gasteiger partial charge in [0.1, 0.15) is 11.3 Å². The van der Waals surface area contributed by atoms with Crippen LogP contribution in [-0.4, -0.2) is 27.9 Å². The van der Waals surface area contributed by atoms with Gasteiger partial charge in [0.2, 0.25) is 5.88 Å². The standard InChI is InChI=1S/C21H28N4O2/c1-7-16-10-8-9-13(2)17(16)12-22-18-11-19(27-15(4)26-6)24-21-20(18)23-14(3)25(21)5/h8-11,15H,7,12H2,1-6H3,(H,22,24). The van der Waals surface area contributed by atoms with Crippen LogP contribution < -0.4 is 10.1 Å². The van der Waals surface area contributed by atoms with E-state index in [-0.39, 0.29) is 6.29 Å². The molecule has 1 N–H and O–H groups in total. The lowest BCUT2D eigenvalue weighted by Gasteiger charge is -2.16. The maximum absolute atomic E-state index is 5.78. The third-order valence-electron chi connectivity index (χ3n) is 4.99. The molecule has 6 nitrogen and oxygen atoms in total. The first-order valence-electron chi connectivity index (χ1n) is 9.29. The maximum Gasteiger partial charge on any atom is 0.219 e. The second-order valence-corrected chi connectivity index (χ2v) is 6.74. The minimum absolute atomic E-state index is 0.375. The van der Waals surface area contributed by atoms with Crippen LogP contribution >= 0.6 is 0 Å². The van der Waals surface area contributed by atoms with Crippen molar-refractivity contribution in [1.29, 1.82) is 0 Å². The largest absolute Gasteiger partial charge is 0.448 e. The summed E-state index contributed by atoms with van der Waals surface area (Å²) in [4.78, 5) is 9.29. The van der Waals surface area contributed by atoms with E-state index in [1.54, 1.807) is 7.11 Å². The van der Waals surface area contributed by atoms with Crippen molar-refractivity contribution in [3.63, 3.8) is 0 Å². The molecule has 6 heteroatoms. The third kappa shape index (κ3) is 3.90. The second kappa shape index (κ2) is 7.96. The highest BCUT2D eigenvalue weighted by Gasteiger charge is 2.15. The van der Waals surface area contributed by atoms with Crippen molar-refractivity contribution < 1.29 is 9.47 Å². The number of imidazole rings is 1. The fraction of sp³-hybridized carbons (Fsp3) is 0.429. The number of hydrogen-bond acceptors (Lipinski definition) is 5. The van der Waals surface area contributed by atoms with Crippen LogP contribution in [0, 0.1) is 13.8 Å². The van der Waals surface area contributed by atoms with Crippen LogP contribution in [0.1, 0.15) is 36.4 Å². The molecule has 0 amide bonds. The number of hydrogen-bond donors (Lipinski definition) is 1. The molecule has 0 saturated heterocycles. The van der Waals surface area contributed by atoms with Crippen molar-refractivity contribution >= 4 is 16.9 Å². The van der Waals surface area contributed by atoms with E-state index in [0.29, 0.717) is 5.88 Å². The lowest BCUT2D eigenvalue weighted by molar-refractivity contribution is -0.0407. The first-order chi connectivity index (χ1) is 12.9. The molecule has 27 heavy (non-hydrogen) atoms. The molecular formula is C21H28N4O2. The van der Waals surface area contributed by atoms with Gasteiger partial charge in [-0.2, -0.15) is 4.98 Å². The van der Waals surface area contributed by atoms with E-state index in [9.17, 15) is 0 Å². The fourth-order valence-corrected chi connectivity index (χ4v) is 3.18. The zero-order valence-corrected chi connectivity index (χ0v) is 17.0. The maximum atomic E-state index is 5.78. The zero-order valence-electron chi connectivity index (χ0n) is 17.0. The Labute approximate surface area is 160 Å². The molecule has 1 aromatic carbocycles. The molecule has 0 bridgehead atoms. The van der Waals surface area contributed by atoms with Gasteiger partial charge in [-0.1, -0.05) is 25.1 Å². The molecule has 1 atom stereocenters. The normalized spacial score (nSPS) is 12.4. The van der Waals surface area contributed by atoms with Crippen LogP contribution in [0.25, 0.3) is 11.2 Å². The summed E-state index contributed by atoms with van der Waals surface area (Å²) < 4.78 is 13.0. The van der Waals surface area contributed by atoms with Crippen LogP contribution in [0.2, 0.25) is 0 Å². The Morgan fingerprint density at radius 3 is 2.70 bits per heavy atom. The predicted molar refractivity (Wildman–Crippen MR) is 108 cm³/mol. The predicted octanol–water partition coefficient (Wildman–Crippen LogP) is 4.13. The van der Waals surface area contributed by atoms with Crippen molar-refractivity contribution in [2.75, 3.05) is 12.4 Å². The van der Waals surface area contributed by atoms with Gasteiger partial charge in [-0.25, -0.2) is 4.98 Å². The summed E-state index contributed by atoms with van der Waals surface area (Å²) >= 11 is 0. The molecule has 1 unspecified atom stereocenters. The Morgan fingerprint density at radius 1 is 1.22 bits per heavy atom. The zero-order chi connectivity index (χ0) is 19.6. The summed E-state index contributed by atoms with van der Waals surface area (Å²) in [5.41, 5.74) is 6.51. The molecule has 0 saturated carbocycles. The van der Waals surface area contributed by atoms with E-state index in [1.807, 2.05) is 31.5 Å². The fourth-order valence-electron chi connectivity index (χ4n) is 3.18. The molecule has 0 aliphatic carbocycles. The summed E-state index contributed by atoms with van der Waals surface area (Å²) in [6, 6.07) is 8.35. The first-order valence-corrected chi connectivity index (χ1v) is 9.29. The summed E-state index contributed by atoms with van der Waals surface area (Å²) in [5.74, 6) is 1.42. The summed E-state index contributed by atoms with van der Waals surface area (Å²) in [6.07, 6.45) is 0.632. The number of aryl methyl sites for hydroxylation is 4. The number of ether oxygens (including phenoxy) is 2. The number of rotatable bonds is 7. The average Bonchev–Trinajstić information content (AvgIpc) is 2.95. The number of pyridine rings is 1. The molecule has 0 fully saturated rings. The monoisotopic (exact) mass is 368 g/mol. The van der Waals surface area contributed by atoms with Gasteiger partial charge in [-0.3, -0.25) is 0 Å². The Hall–Kier alpha value is -2.60. The topological polar surface area (TPSA) is 61.2 Å². The first kappa shape index (κ1) is 19.2. The lowest BCUT2D eigenvalue weighted by Crippen LogP contribution is -2.15. The number of fused-ring (bicyclic) bond motifs is 1. The van der Waals surface area contributed by atoms with E-state index in [2.05, 4.69) is 47.3 Å². The van der Waals surface area contributed by atoms with Crippen molar-refractivity contribution in [2.45, 2.75) is 47.0 Å². The van der Waals surface area contributed by atoms with E-state index in [0.717, 1.165) is 35.6 Å². The number of methoxy groups -OCH3 is 1. The molecule has 0 radical (unpaired) electrons. The van der Waals surface area contributed by atoms with E-state index in [4.69, 9.17) is 9.47 Å². The Bertz CT molecular complexity index is 949. The molecule has 144 valence electrons. The van der Waals surface area contributed by atoms with Gasteiger partial charge in [0.05, 0.1) is 5.69 Å². The van der Waals surface area contributed by atoms with E-state index < -0.39 is 0 Å². The molecule has 3 aromatic rings. The lowest BCUT2D eigenvalue weighted by atomic mass is 10.00. The summed E-state index contributed by atoms with van der Waals surface area (Å²) in [7, 11) is 3.57. The number of benzene rings is 1. The van der Waals surface area contributed by atoms with Gasteiger partial charge >= 0.3 is 0 Å². The van der Waals surface area contributed by atoms with Gasteiger partial charge in [-0.15, -0.1) is 0 Å². The minimum Gasteiger partial charge on any atom is -0.448 e. The van der Waals surface area contributed by atoms with Crippen molar-refractivity contribution in [2.24, 2.45) is 7.05 Å². The minimum atomic E-state index is -0.375. The Kier molecular flexibility index (Phi) is 5.65. The molecule has 0 aliphatic rings. The molecule has 0 spiro atoms. The molecule has 0 aliphatic heterocycles. The van der Waals surface area contributed by atoms with Gasteiger partial charge in [0.15, 0.2) is 11.9 Å². The van der Waals surface area contributed by atoms with Crippen LogP contribution in [0.3, 0.4) is 0 Å². The van der Waals surface area contributed by atoms with Crippen molar-refractivity contribution in [3.05, 3.63) is 46.8 Å². The highest BCUT2D eigenvalue weighted by atomic mass is 16.7. The number of nitrogens with zero attached hydrogens (tertiary/aromatic N) is 3. The Morgan fingerprint density at radius 2 is 2.00 bits per heavy atom. The summed E-state index contributed by atoms with van der Waals surface area (Å²) in [6.45, 7) is 8.87. The number of aromatic nitrogens is 3. The van der Waals surface area contributed by atoms with Gasteiger partial charge in [0.25, 0.3) is 0 Å². The van der Waals surface area contributed by atoms with Crippen molar-refractivity contribution in [1.82, 2.24) is 14.5 Å². The SMILES string of the molecule is CCc1cccc(C)c1CNc1cc(OC(C)OC)nc2c1nc(C)n2C. The second-order valence-electron chi connectivity index (χ2n) is 6.74. The van der Waals surface area contributed by atoms with Crippen molar-refractivity contribution in [3.8, 4) is 5.88 Å². The highest BCUT2D eigenvalue weighted by Crippen LogP contribution is 2.28. The summed E-state index contributed by atoms with van der Waals surface area (Å²) in [5, 5.41) is 3.56. The molecule has 2 heterocycles. The number of anilines is 1. The van der Waals surface area contributed by atoms with Gasteiger partial charge < -0.3 is 19.4 Å². The Balaban J connectivity index is 1.99. The molecule has 3 rings (SSSR count).